The zero-order chi connectivity index (χ0) is 15.0. The second-order valence-electron chi connectivity index (χ2n) is 5.52. The summed E-state index contributed by atoms with van der Waals surface area (Å²) in [4.78, 5) is 15.3. The van der Waals surface area contributed by atoms with Gasteiger partial charge in [-0.25, -0.2) is 0 Å². The number of benzene rings is 1. The maximum absolute atomic E-state index is 12.7. The first-order valence-electron chi connectivity index (χ1n) is 7.29. The van der Waals surface area contributed by atoms with E-state index in [9.17, 15) is 4.79 Å². The summed E-state index contributed by atoms with van der Waals surface area (Å²) in [6.45, 7) is 3.87. The number of rotatable bonds is 3. The van der Waals surface area contributed by atoms with E-state index in [-0.39, 0.29) is 5.91 Å². The minimum absolute atomic E-state index is 0.0728. The van der Waals surface area contributed by atoms with Crippen molar-refractivity contribution in [1.29, 1.82) is 0 Å². The summed E-state index contributed by atoms with van der Waals surface area (Å²) < 4.78 is 6.23. The van der Waals surface area contributed by atoms with Gasteiger partial charge in [0.1, 0.15) is 10.6 Å². The topological polar surface area (TPSA) is 55.6 Å². The van der Waals surface area contributed by atoms with Crippen molar-refractivity contribution < 1.29 is 9.53 Å². The summed E-state index contributed by atoms with van der Waals surface area (Å²) in [7, 11) is 1.64. The van der Waals surface area contributed by atoms with Gasteiger partial charge in [0.15, 0.2) is 0 Å². The monoisotopic (exact) mass is 304 g/mol. The number of nitrogens with two attached hydrogens (primary N) is 1. The van der Waals surface area contributed by atoms with Gasteiger partial charge in [-0.15, -0.1) is 11.3 Å². The molecule has 112 valence electrons. The quantitative estimate of drug-likeness (QED) is 0.946. The lowest BCUT2D eigenvalue weighted by atomic mass is 10.1. The smallest absolute Gasteiger partial charge is 0.266 e. The number of ether oxygens (including phenoxy) is 1. The average Bonchev–Trinajstić information content (AvgIpc) is 3.11. The molecule has 1 aromatic carbocycles. The molecule has 0 aliphatic carbocycles. The molecule has 1 atom stereocenters. The van der Waals surface area contributed by atoms with Crippen molar-refractivity contribution in [3.8, 4) is 5.75 Å². The van der Waals surface area contributed by atoms with E-state index in [0.717, 1.165) is 41.8 Å². The van der Waals surface area contributed by atoms with Gasteiger partial charge in [-0.05, 0) is 30.5 Å². The molecule has 1 aliphatic rings. The molecule has 1 unspecified atom stereocenters. The lowest BCUT2D eigenvalue weighted by Crippen LogP contribution is -2.28. The van der Waals surface area contributed by atoms with E-state index >= 15 is 0 Å². The van der Waals surface area contributed by atoms with Crippen LogP contribution in [0.1, 0.15) is 29.4 Å². The van der Waals surface area contributed by atoms with Crippen LogP contribution in [0.2, 0.25) is 0 Å². The molecule has 5 heteroatoms. The fourth-order valence-corrected chi connectivity index (χ4v) is 4.00. The van der Waals surface area contributed by atoms with Crippen LogP contribution in [0.15, 0.2) is 18.2 Å². The van der Waals surface area contributed by atoms with Crippen molar-refractivity contribution in [3.05, 3.63) is 23.1 Å². The molecule has 0 bridgehead atoms. The zero-order valence-corrected chi connectivity index (χ0v) is 13.2. The third-order valence-corrected chi connectivity index (χ3v) is 5.44. The molecule has 1 saturated heterocycles. The zero-order valence-electron chi connectivity index (χ0n) is 12.4. The second kappa shape index (κ2) is 5.56. The van der Waals surface area contributed by atoms with Gasteiger partial charge in [-0.3, -0.25) is 4.79 Å². The number of hydrogen-bond acceptors (Lipinski definition) is 4. The molecule has 2 aromatic rings. The normalized spacial score (nSPS) is 18.4. The van der Waals surface area contributed by atoms with Crippen LogP contribution >= 0.6 is 11.3 Å². The Morgan fingerprint density at radius 1 is 1.52 bits per heavy atom. The Bertz CT molecular complexity index is 680. The Kier molecular flexibility index (Phi) is 3.76. The average molecular weight is 304 g/mol. The highest BCUT2D eigenvalue weighted by Gasteiger charge is 2.28. The third-order valence-electron chi connectivity index (χ3n) is 4.28. The summed E-state index contributed by atoms with van der Waals surface area (Å²) >= 11 is 1.46. The predicted octanol–water partition coefficient (Wildman–Crippen LogP) is 3.36. The first-order valence-corrected chi connectivity index (χ1v) is 8.11. The second-order valence-corrected chi connectivity index (χ2v) is 6.57. The minimum atomic E-state index is 0.0728. The number of methoxy groups -OCH3 is 1. The molecule has 2 N–H and O–H groups in total. The van der Waals surface area contributed by atoms with Crippen LogP contribution in [-0.2, 0) is 0 Å². The molecule has 4 nitrogen and oxygen atoms in total. The number of anilines is 1. The number of nitrogens with zero attached hydrogens (tertiary/aromatic N) is 1. The summed E-state index contributed by atoms with van der Waals surface area (Å²) in [6, 6.07) is 5.74. The van der Waals surface area contributed by atoms with E-state index in [1.165, 1.54) is 11.3 Å². The van der Waals surface area contributed by atoms with E-state index in [2.05, 4.69) is 6.92 Å². The van der Waals surface area contributed by atoms with Gasteiger partial charge < -0.3 is 15.4 Å². The van der Waals surface area contributed by atoms with Gasteiger partial charge in [-0.2, -0.15) is 0 Å². The maximum Gasteiger partial charge on any atom is 0.266 e. The van der Waals surface area contributed by atoms with Crippen molar-refractivity contribution in [2.75, 3.05) is 25.9 Å². The third kappa shape index (κ3) is 2.46. The SMILES string of the molecule is CCC1CCN(C(=O)c2sc3cc(OC)ccc3c2N)C1. The van der Waals surface area contributed by atoms with Crippen LogP contribution in [0, 0.1) is 5.92 Å². The predicted molar refractivity (Wildman–Crippen MR) is 87.1 cm³/mol. The lowest BCUT2D eigenvalue weighted by molar-refractivity contribution is 0.0792. The molecule has 0 saturated carbocycles. The van der Waals surface area contributed by atoms with Gasteiger partial charge >= 0.3 is 0 Å². The number of likely N-dealkylation sites (tertiary alicyclic amines) is 1. The van der Waals surface area contributed by atoms with Crippen molar-refractivity contribution in [3.63, 3.8) is 0 Å². The highest BCUT2D eigenvalue weighted by Crippen LogP contribution is 2.37. The number of hydrogen-bond donors (Lipinski definition) is 1. The standard InChI is InChI=1S/C16H20N2O2S/c1-3-10-6-7-18(9-10)16(19)15-14(17)12-5-4-11(20-2)8-13(12)21-15/h4-5,8,10H,3,6-7,9,17H2,1-2H3. The van der Waals surface area contributed by atoms with E-state index in [1.807, 2.05) is 23.1 Å². The number of fused-ring (bicyclic) bond motifs is 1. The van der Waals surface area contributed by atoms with Crippen LogP contribution in [0.5, 0.6) is 5.75 Å². The molecule has 1 aliphatic heterocycles. The molecule has 21 heavy (non-hydrogen) atoms. The largest absolute Gasteiger partial charge is 0.497 e. The van der Waals surface area contributed by atoms with Crippen LogP contribution < -0.4 is 10.5 Å². The number of carbonyl (C=O) groups excluding carboxylic acids is 1. The fourth-order valence-electron chi connectivity index (χ4n) is 2.88. The molecule has 0 radical (unpaired) electrons. The van der Waals surface area contributed by atoms with Crippen molar-refractivity contribution in [1.82, 2.24) is 4.90 Å². The van der Waals surface area contributed by atoms with Crippen LogP contribution in [0.4, 0.5) is 5.69 Å². The van der Waals surface area contributed by atoms with Gasteiger partial charge in [0, 0.05) is 23.2 Å². The molecular formula is C16H20N2O2S. The fraction of sp³-hybridized carbons (Fsp3) is 0.438. The Labute approximate surface area is 128 Å². The van der Waals surface area contributed by atoms with E-state index < -0.39 is 0 Å². The van der Waals surface area contributed by atoms with Crippen molar-refractivity contribution >= 4 is 33.0 Å². The lowest BCUT2D eigenvalue weighted by Gasteiger charge is -2.15. The van der Waals surface area contributed by atoms with Crippen LogP contribution in [0.3, 0.4) is 0 Å². The maximum atomic E-state index is 12.7. The van der Waals surface area contributed by atoms with Crippen molar-refractivity contribution in [2.45, 2.75) is 19.8 Å². The van der Waals surface area contributed by atoms with E-state index in [1.54, 1.807) is 7.11 Å². The van der Waals surface area contributed by atoms with E-state index in [4.69, 9.17) is 10.5 Å². The minimum Gasteiger partial charge on any atom is -0.497 e. The van der Waals surface area contributed by atoms with Gasteiger partial charge in [0.05, 0.1) is 12.8 Å². The Morgan fingerprint density at radius 2 is 2.33 bits per heavy atom. The Hall–Kier alpha value is -1.75. The highest BCUT2D eigenvalue weighted by atomic mass is 32.1. The summed E-state index contributed by atoms with van der Waals surface area (Å²) in [5, 5.41) is 0.940. The molecule has 1 aromatic heterocycles. The first kappa shape index (κ1) is 14.2. The number of thiophene rings is 1. The molecule has 3 rings (SSSR count). The van der Waals surface area contributed by atoms with Crippen molar-refractivity contribution in [2.24, 2.45) is 5.92 Å². The highest BCUT2D eigenvalue weighted by molar-refractivity contribution is 7.21. The number of amides is 1. The van der Waals surface area contributed by atoms with Crippen LogP contribution in [0.25, 0.3) is 10.1 Å². The van der Waals surface area contributed by atoms with Gasteiger partial charge in [-0.1, -0.05) is 13.3 Å². The Morgan fingerprint density at radius 3 is 3.00 bits per heavy atom. The molecule has 1 fully saturated rings. The summed E-state index contributed by atoms with van der Waals surface area (Å²) in [5.41, 5.74) is 6.79. The van der Waals surface area contributed by atoms with Gasteiger partial charge in [0.25, 0.3) is 5.91 Å². The molecular weight excluding hydrogens is 284 g/mol. The first-order chi connectivity index (χ1) is 10.1. The summed E-state index contributed by atoms with van der Waals surface area (Å²) in [6.07, 6.45) is 2.23. The van der Waals surface area contributed by atoms with Crippen LogP contribution in [-0.4, -0.2) is 31.0 Å². The number of nitrogen functional groups attached to an aromatic ring is 1. The molecule has 1 amide bonds. The molecule has 2 heterocycles. The summed E-state index contributed by atoms with van der Waals surface area (Å²) in [5.74, 6) is 1.49. The van der Waals surface area contributed by atoms with E-state index in [0.29, 0.717) is 16.5 Å². The number of carbonyl (C=O) groups is 1. The molecule has 0 spiro atoms. The Balaban J connectivity index is 1.93. The van der Waals surface area contributed by atoms with Gasteiger partial charge in [0.2, 0.25) is 0 Å².